The van der Waals surface area contributed by atoms with Crippen molar-refractivity contribution in [1.29, 1.82) is 5.26 Å². The van der Waals surface area contributed by atoms with Crippen LogP contribution in [0.25, 0.3) is 22.2 Å². The number of nitriles is 1. The van der Waals surface area contributed by atoms with Crippen molar-refractivity contribution >= 4 is 38.4 Å². The molecule has 0 saturated heterocycles. The van der Waals surface area contributed by atoms with Crippen molar-refractivity contribution in [3.05, 3.63) is 48.0 Å². The molecule has 0 amide bonds. The van der Waals surface area contributed by atoms with E-state index in [1.807, 2.05) is 29.8 Å². The largest absolute Gasteiger partial charge is 0.497 e. The van der Waals surface area contributed by atoms with Gasteiger partial charge in [0, 0.05) is 36.6 Å². The molecule has 7 nitrogen and oxygen atoms in total. The number of anilines is 1. The molecule has 0 radical (unpaired) electrons. The van der Waals surface area contributed by atoms with Gasteiger partial charge in [-0.15, -0.1) is 11.6 Å². The van der Waals surface area contributed by atoms with Gasteiger partial charge in [0.1, 0.15) is 11.8 Å². The first-order valence-electron chi connectivity index (χ1n) is 8.40. The molecule has 28 heavy (non-hydrogen) atoms. The molecule has 0 bridgehead atoms. The second-order valence-electron chi connectivity index (χ2n) is 6.04. The molecule has 0 aliphatic carbocycles. The number of hydrogen-bond donors (Lipinski definition) is 2. The molecule has 1 aromatic heterocycles. The maximum atomic E-state index is 11.9. The summed E-state index contributed by atoms with van der Waals surface area (Å²) >= 11 is 5.50. The van der Waals surface area contributed by atoms with E-state index in [-0.39, 0.29) is 12.4 Å². The fourth-order valence-electron chi connectivity index (χ4n) is 3.05. The summed E-state index contributed by atoms with van der Waals surface area (Å²) in [5, 5.41) is 10.5. The summed E-state index contributed by atoms with van der Waals surface area (Å²) in [6, 6.07) is 14.7. The van der Waals surface area contributed by atoms with Crippen molar-refractivity contribution in [2.24, 2.45) is 7.05 Å². The van der Waals surface area contributed by atoms with Crippen LogP contribution in [0.4, 0.5) is 5.69 Å². The Labute approximate surface area is 168 Å². The second-order valence-corrected chi connectivity index (χ2v) is 7.92. The highest BCUT2D eigenvalue weighted by molar-refractivity contribution is 7.90. The molecule has 2 aromatic carbocycles. The average molecular weight is 419 g/mol. The molecule has 0 spiro atoms. The number of aryl methyl sites for hydroxylation is 1. The van der Waals surface area contributed by atoms with Gasteiger partial charge in [-0.25, -0.2) is 0 Å². The molecular formula is C19H19ClN4O3S. The fraction of sp³-hybridized carbons (Fsp3) is 0.211. The topological polar surface area (TPSA) is 96.2 Å². The monoisotopic (exact) mass is 418 g/mol. The van der Waals surface area contributed by atoms with Crippen LogP contribution in [-0.2, 0) is 17.3 Å². The van der Waals surface area contributed by atoms with Crippen LogP contribution in [-0.4, -0.2) is 32.5 Å². The van der Waals surface area contributed by atoms with E-state index in [4.69, 9.17) is 16.3 Å². The molecule has 3 rings (SSSR count). The normalized spacial score (nSPS) is 11.4. The van der Waals surface area contributed by atoms with Crippen LogP contribution in [0.3, 0.4) is 0 Å². The van der Waals surface area contributed by atoms with Crippen molar-refractivity contribution in [3.8, 4) is 23.1 Å². The van der Waals surface area contributed by atoms with Crippen LogP contribution >= 0.6 is 11.6 Å². The van der Waals surface area contributed by atoms with Gasteiger partial charge in [0.2, 0.25) is 0 Å². The number of benzene rings is 2. The van der Waals surface area contributed by atoms with Crippen molar-refractivity contribution in [2.45, 2.75) is 0 Å². The number of hydrogen-bond acceptors (Lipinski definition) is 4. The number of nitrogens with one attached hydrogen (secondary N) is 2. The Morgan fingerprint density at radius 3 is 2.54 bits per heavy atom. The number of rotatable bonds is 7. The van der Waals surface area contributed by atoms with Crippen molar-refractivity contribution < 1.29 is 13.2 Å². The Bertz CT molecular complexity index is 1150. The third-order valence-electron chi connectivity index (χ3n) is 4.32. The Morgan fingerprint density at radius 2 is 1.93 bits per heavy atom. The van der Waals surface area contributed by atoms with Gasteiger partial charge in [-0.3, -0.25) is 4.72 Å². The number of ether oxygens (including phenoxy) is 1. The van der Waals surface area contributed by atoms with E-state index in [0.29, 0.717) is 17.0 Å². The summed E-state index contributed by atoms with van der Waals surface area (Å²) in [5.74, 6) is 0.890. The number of nitrogens with zero attached hydrogens (tertiary/aromatic N) is 2. The third-order valence-corrected chi connectivity index (χ3v) is 5.59. The molecule has 0 atom stereocenters. The van der Waals surface area contributed by atoms with Gasteiger partial charge in [0.25, 0.3) is 10.2 Å². The van der Waals surface area contributed by atoms with Gasteiger partial charge in [-0.05, 0) is 29.8 Å². The van der Waals surface area contributed by atoms with Crippen molar-refractivity contribution in [1.82, 2.24) is 9.29 Å². The maximum absolute atomic E-state index is 11.9. The molecule has 0 aliphatic rings. The smallest absolute Gasteiger partial charge is 0.299 e. The Balaban J connectivity index is 1.99. The van der Waals surface area contributed by atoms with Crippen LogP contribution in [0.1, 0.15) is 5.56 Å². The summed E-state index contributed by atoms with van der Waals surface area (Å²) in [6.07, 6.45) is 0. The molecule has 146 valence electrons. The van der Waals surface area contributed by atoms with Crippen LogP contribution in [0.15, 0.2) is 42.5 Å². The summed E-state index contributed by atoms with van der Waals surface area (Å²) in [5.41, 5.74) is 3.38. The zero-order valence-electron chi connectivity index (χ0n) is 15.4. The quantitative estimate of drug-likeness (QED) is 0.576. The molecule has 0 saturated carbocycles. The highest BCUT2D eigenvalue weighted by Gasteiger charge is 2.17. The molecule has 2 N–H and O–H groups in total. The zero-order chi connectivity index (χ0) is 20.3. The minimum absolute atomic E-state index is 0.139. The lowest BCUT2D eigenvalue weighted by Crippen LogP contribution is -2.31. The standard InChI is InChI=1S/C19H19ClN4O3S/c1-24-18-11-15(27-2)7-8-16(18)17(12-21)19(24)13-3-5-14(6-4-13)23-28(25,26)22-10-9-20/h3-8,11,22-23H,9-10H2,1-2H3. The second kappa shape index (κ2) is 8.10. The third kappa shape index (κ3) is 3.92. The van der Waals surface area contributed by atoms with Gasteiger partial charge in [0.15, 0.2) is 0 Å². The van der Waals surface area contributed by atoms with Gasteiger partial charge >= 0.3 is 0 Å². The maximum Gasteiger partial charge on any atom is 0.299 e. The highest BCUT2D eigenvalue weighted by atomic mass is 35.5. The van der Waals surface area contributed by atoms with E-state index in [2.05, 4.69) is 15.5 Å². The lowest BCUT2D eigenvalue weighted by atomic mass is 10.1. The molecular weight excluding hydrogens is 400 g/mol. The van der Waals surface area contributed by atoms with E-state index >= 15 is 0 Å². The zero-order valence-corrected chi connectivity index (χ0v) is 16.9. The van der Waals surface area contributed by atoms with Crippen LogP contribution < -0.4 is 14.2 Å². The molecule has 9 heteroatoms. The molecule has 3 aromatic rings. The van der Waals surface area contributed by atoms with Crippen LogP contribution in [0, 0.1) is 11.3 Å². The predicted molar refractivity (Wildman–Crippen MR) is 111 cm³/mol. The van der Waals surface area contributed by atoms with E-state index in [0.717, 1.165) is 22.2 Å². The Morgan fingerprint density at radius 1 is 1.21 bits per heavy atom. The Kier molecular flexibility index (Phi) is 5.79. The molecule has 0 unspecified atom stereocenters. The fourth-order valence-corrected chi connectivity index (χ4v) is 4.15. The van der Waals surface area contributed by atoms with Crippen LogP contribution in [0.2, 0.25) is 0 Å². The predicted octanol–water partition coefficient (Wildman–Crippen LogP) is 3.21. The Hall–Kier alpha value is -2.73. The summed E-state index contributed by atoms with van der Waals surface area (Å²) in [4.78, 5) is 0. The number of aromatic nitrogens is 1. The first-order chi connectivity index (χ1) is 13.4. The number of fused-ring (bicyclic) bond motifs is 1. The summed E-state index contributed by atoms with van der Waals surface area (Å²) in [7, 11) is -0.205. The van der Waals surface area contributed by atoms with Gasteiger partial charge in [-0.1, -0.05) is 12.1 Å². The van der Waals surface area contributed by atoms with Gasteiger partial charge < -0.3 is 9.30 Å². The van der Waals surface area contributed by atoms with E-state index in [1.165, 1.54) is 0 Å². The SMILES string of the molecule is COc1ccc2c(C#N)c(-c3ccc(NS(=O)(=O)NCCCl)cc3)n(C)c2c1. The first kappa shape index (κ1) is 20.0. The summed E-state index contributed by atoms with van der Waals surface area (Å²) in [6.45, 7) is 0.139. The number of halogens is 1. The first-order valence-corrected chi connectivity index (χ1v) is 10.4. The van der Waals surface area contributed by atoms with Crippen LogP contribution in [0.5, 0.6) is 5.75 Å². The van der Waals surface area contributed by atoms with E-state index in [9.17, 15) is 13.7 Å². The molecule has 1 heterocycles. The van der Waals surface area contributed by atoms with E-state index < -0.39 is 10.2 Å². The average Bonchev–Trinajstić information content (AvgIpc) is 2.98. The lowest BCUT2D eigenvalue weighted by molar-refractivity contribution is 0.415. The van der Waals surface area contributed by atoms with Crippen molar-refractivity contribution in [3.63, 3.8) is 0 Å². The molecule has 0 fully saturated rings. The lowest BCUT2D eigenvalue weighted by Gasteiger charge is -2.10. The minimum atomic E-state index is -3.68. The van der Waals surface area contributed by atoms with Gasteiger partial charge in [0.05, 0.1) is 23.9 Å². The molecule has 0 aliphatic heterocycles. The van der Waals surface area contributed by atoms with E-state index in [1.54, 1.807) is 31.4 Å². The van der Waals surface area contributed by atoms with Crippen molar-refractivity contribution in [2.75, 3.05) is 24.3 Å². The number of methoxy groups -OCH3 is 1. The highest BCUT2D eigenvalue weighted by Crippen LogP contribution is 2.34. The number of alkyl halides is 1. The minimum Gasteiger partial charge on any atom is -0.497 e. The van der Waals surface area contributed by atoms with Gasteiger partial charge in [-0.2, -0.15) is 18.4 Å². The summed E-state index contributed by atoms with van der Waals surface area (Å²) < 4.78 is 35.8.